The average molecular weight is 276 g/mol. The lowest BCUT2D eigenvalue weighted by atomic mass is 9.92. The summed E-state index contributed by atoms with van der Waals surface area (Å²) < 4.78 is 67.5. The third kappa shape index (κ3) is 3.93. The van der Waals surface area contributed by atoms with E-state index in [-0.39, 0.29) is 18.0 Å². The van der Waals surface area contributed by atoms with E-state index in [1.54, 1.807) is 20.8 Å². The van der Waals surface area contributed by atoms with E-state index in [1.165, 1.54) is 0 Å². The van der Waals surface area contributed by atoms with Gasteiger partial charge in [0.05, 0.1) is 0 Å². The highest BCUT2D eigenvalue weighted by Gasteiger charge is 2.35. The lowest BCUT2D eigenvalue weighted by Gasteiger charge is -2.50. The maximum absolute atomic E-state index is 8.45. The maximum atomic E-state index is 8.45. The van der Waals surface area contributed by atoms with Crippen LogP contribution in [0.25, 0.3) is 0 Å². The molecule has 2 rings (SSSR count). The number of nitrogens with zero attached hydrogens (tertiary/aromatic N) is 3. The minimum atomic E-state index is -2.71. The van der Waals surface area contributed by atoms with Crippen LogP contribution in [0.5, 0.6) is 0 Å². The molecule has 2 saturated heterocycles. The van der Waals surface area contributed by atoms with Crippen molar-refractivity contribution in [2.45, 2.75) is 52.6 Å². The zero-order chi connectivity index (χ0) is 21.4. The first-order chi connectivity index (χ1) is 11.7. The molecule has 0 aromatic rings. The Labute approximate surface area is 131 Å². The van der Waals surface area contributed by atoms with E-state index in [4.69, 9.17) is 11.0 Å². The highest BCUT2D eigenvalue weighted by molar-refractivity contribution is 4.91. The van der Waals surface area contributed by atoms with Gasteiger partial charge in [0.25, 0.3) is 0 Å². The van der Waals surface area contributed by atoms with Gasteiger partial charge in [0.1, 0.15) is 0 Å². The number of hydrogen-bond donors (Lipinski definition) is 0. The SMILES string of the molecule is [2H]C1([2H])N(CC2CN(C(C)(C)C)C2)C([2H])([2H])C([2H])([2H])N(C(C)(C)C)C1([2H])[2H]. The van der Waals surface area contributed by atoms with Gasteiger partial charge < -0.3 is 4.90 Å². The molecule has 2 fully saturated rings. The summed E-state index contributed by atoms with van der Waals surface area (Å²) in [5.41, 5.74) is -1.15. The molecule has 0 spiro atoms. The Morgan fingerprint density at radius 1 is 0.842 bits per heavy atom. The van der Waals surface area contributed by atoms with Gasteiger partial charge in [-0.1, -0.05) is 0 Å². The smallest absolute Gasteiger partial charge is 0.0444 e. The van der Waals surface area contributed by atoms with Gasteiger partial charge in [-0.15, -0.1) is 0 Å². The third-order valence-electron chi connectivity index (χ3n) is 3.61. The molecule has 0 amide bonds. The van der Waals surface area contributed by atoms with E-state index in [1.807, 2.05) is 0 Å². The predicted octanol–water partition coefficient (Wildman–Crippen LogP) is 2.13. The molecule has 19 heavy (non-hydrogen) atoms. The lowest BCUT2D eigenvalue weighted by Crippen LogP contribution is -2.60. The van der Waals surface area contributed by atoms with E-state index in [9.17, 15) is 0 Å². The van der Waals surface area contributed by atoms with Crippen molar-refractivity contribution in [2.24, 2.45) is 5.92 Å². The van der Waals surface area contributed by atoms with E-state index in [0.717, 1.165) is 4.90 Å². The van der Waals surface area contributed by atoms with Gasteiger partial charge in [0, 0.05) is 67.7 Å². The van der Waals surface area contributed by atoms with Crippen LogP contribution in [0.1, 0.15) is 52.5 Å². The molecule has 2 aliphatic rings. The molecule has 0 bridgehead atoms. The minimum absolute atomic E-state index is 0.0381. The lowest BCUT2D eigenvalue weighted by molar-refractivity contribution is -0.0151. The minimum Gasteiger partial charge on any atom is -0.300 e. The third-order valence-corrected chi connectivity index (χ3v) is 3.61. The highest BCUT2D eigenvalue weighted by atomic mass is 15.3. The summed E-state index contributed by atoms with van der Waals surface area (Å²) in [6.07, 6.45) is 0. The van der Waals surface area contributed by atoms with E-state index in [0.29, 0.717) is 18.0 Å². The number of likely N-dealkylation sites (tertiary alicyclic amines) is 1. The Balaban J connectivity index is 2.39. The predicted molar refractivity (Wildman–Crippen MR) is 82.6 cm³/mol. The van der Waals surface area contributed by atoms with Crippen molar-refractivity contribution < 1.29 is 11.0 Å². The highest BCUT2D eigenvalue weighted by Crippen LogP contribution is 2.26. The maximum Gasteiger partial charge on any atom is 0.0444 e. The topological polar surface area (TPSA) is 9.72 Å². The van der Waals surface area contributed by atoms with Crippen molar-refractivity contribution in [3.8, 4) is 0 Å². The largest absolute Gasteiger partial charge is 0.300 e. The second-order valence-corrected chi connectivity index (χ2v) is 7.51. The van der Waals surface area contributed by atoms with Crippen molar-refractivity contribution in [3.63, 3.8) is 0 Å². The van der Waals surface area contributed by atoms with Crippen molar-refractivity contribution in [1.82, 2.24) is 14.7 Å². The quantitative estimate of drug-likeness (QED) is 0.764. The van der Waals surface area contributed by atoms with Crippen molar-refractivity contribution in [3.05, 3.63) is 0 Å². The number of hydrogen-bond acceptors (Lipinski definition) is 3. The molecule has 0 aromatic carbocycles. The summed E-state index contributed by atoms with van der Waals surface area (Å²) in [7, 11) is 0. The molecular formula is C16H33N3. The van der Waals surface area contributed by atoms with Crippen LogP contribution in [0.4, 0.5) is 0 Å². The molecule has 112 valence electrons. The van der Waals surface area contributed by atoms with Crippen LogP contribution < -0.4 is 0 Å². The van der Waals surface area contributed by atoms with Crippen LogP contribution >= 0.6 is 0 Å². The second-order valence-electron chi connectivity index (χ2n) is 7.51. The number of piperazine rings is 1. The van der Waals surface area contributed by atoms with E-state index >= 15 is 0 Å². The van der Waals surface area contributed by atoms with Gasteiger partial charge in [0.15, 0.2) is 0 Å². The first-order valence-corrected chi connectivity index (χ1v) is 7.02. The molecule has 0 saturated carbocycles. The molecule has 0 aliphatic carbocycles. The van der Waals surface area contributed by atoms with E-state index < -0.39 is 31.5 Å². The molecule has 0 aromatic heterocycles. The number of rotatable bonds is 2. The van der Waals surface area contributed by atoms with Crippen LogP contribution in [-0.4, -0.2) is 71.4 Å². The van der Waals surface area contributed by atoms with Crippen molar-refractivity contribution in [2.75, 3.05) is 45.6 Å². The molecule has 0 unspecified atom stereocenters. The molecule has 0 radical (unpaired) electrons. The molecule has 2 heterocycles. The fourth-order valence-electron chi connectivity index (χ4n) is 2.19. The van der Waals surface area contributed by atoms with Crippen molar-refractivity contribution >= 4 is 0 Å². The zero-order valence-electron chi connectivity index (χ0n) is 21.0. The van der Waals surface area contributed by atoms with Gasteiger partial charge in [0.2, 0.25) is 0 Å². The Morgan fingerprint density at radius 2 is 1.32 bits per heavy atom. The van der Waals surface area contributed by atoms with Gasteiger partial charge in [-0.3, -0.25) is 9.80 Å². The summed E-state index contributed by atoms with van der Waals surface area (Å²) in [5, 5.41) is 0. The first-order valence-electron chi connectivity index (χ1n) is 11.0. The fourth-order valence-corrected chi connectivity index (χ4v) is 2.19. The fraction of sp³-hybridized carbons (Fsp3) is 1.00. The average Bonchev–Trinajstić information content (AvgIpc) is 2.29. The van der Waals surface area contributed by atoms with Gasteiger partial charge in [-0.2, -0.15) is 0 Å². The van der Waals surface area contributed by atoms with Gasteiger partial charge in [-0.25, -0.2) is 0 Å². The Bertz CT molecular complexity index is 545. The van der Waals surface area contributed by atoms with Gasteiger partial charge in [-0.05, 0) is 47.5 Å². The summed E-state index contributed by atoms with van der Waals surface area (Å²) in [4.78, 5) is 3.68. The Morgan fingerprint density at radius 3 is 1.74 bits per heavy atom. The monoisotopic (exact) mass is 275 g/mol. The molecule has 3 nitrogen and oxygen atoms in total. The molecule has 0 atom stereocenters. The molecule has 3 heteroatoms. The normalized spacial score (nSPS) is 42.4. The first kappa shape index (κ1) is 7.77. The van der Waals surface area contributed by atoms with Crippen LogP contribution in [0.3, 0.4) is 0 Å². The summed E-state index contributed by atoms with van der Waals surface area (Å²) >= 11 is 0. The molecule has 0 N–H and O–H groups in total. The Kier molecular flexibility index (Phi) is 2.18. The van der Waals surface area contributed by atoms with E-state index in [2.05, 4.69) is 25.7 Å². The second kappa shape index (κ2) is 5.34. The summed E-state index contributed by atoms with van der Waals surface area (Å²) in [5.74, 6) is -0.0397. The van der Waals surface area contributed by atoms with Crippen LogP contribution in [0.2, 0.25) is 0 Å². The van der Waals surface area contributed by atoms with Crippen LogP contribution in [-0.2, 0) is 0 Å². The standard InChI is InChI=1S/C16H33N3/c1-15(2,3)18-9-7-17(8-10-18)11-14-12-19(13-14)16(4,5)6/h14H,7-13H2,1-6H3/i7D2,8D2,9D2,10D2. The van der Waals surface area contributed by atoms with Crippen molar-refractivity contribution in [1.29, 1.82) is 0 Å². The van der Waals surface area contributed by atoms with Gasteiger partial charge >= 0.3 is 0 Å². The molecular weight excluding hydrogens is 234 g/mol. The summed E-state index contributed by atoms with van der Waals surface area (Å²) in [6.45, 7) is 1.36. The summed E-state index contributed by atoms with van der Waals surface area (Å²) in [6, 6.07) is 0. The van der Waals surface area contributed by atoms with Crippen LogP contribution in [0.15, 0.2) is 0 Å². The Hall–Kier alpha value is -0.120. The van der Waals surface area contributed by atoms with Crippen LogP contribution in [0, 0.1) is 5.92 Å². The zero-order valence-corrected chi connectivity index (χ0v) is 13.0. The molecule has 2 aliphatic heterocycles.